The number of hydrogen-bond donors (Lipinski definition) is 2. The Morgan fingerprint density at radius 2 is 1.91 bits per heavy atom. The topological polar surface area (TPSA) is 69.6 Å². The fourth-order valence-corrected chi connectivity index (χ4v) is 2.24. The molecule has 1 rings (SSSR count). The van der Waals surface area contributed by atoms with Crippen LogP contribution in [0.3, 0.4) is 0 Å². The fraction of sp³-hybridized carbons (Fsp3) is 0.500. The van der Waals surface area contributed by atoms with Crippen molar-refractivity contribution in [2.45, 2.75) is 38.8 Å². The molecule has 1 aromatic carbocycles. The van der Waals surface area contributed by atoms with Gasteiger partial charge in [-0.3, -0.25) is 14.9 Å². The lowest BCUT2D eigenvalue weighted by Crippen LogP contribution is -2.44. The maximum atomic E-state index is 12.2. The molecule has 1 aromatic rings. The van der Waals surface area contributed by atoms with Crippen LogP contribution in [0.2, 0.25) is 5.02 Å². The summed E-state index contributed by atoms with van der Waals surface area (Å²) in [6.45, 7) is 3.83. The summed E-state index contributed by atoms with van der Waals surface area (Å²) in [5.41, 5.74) is 0.976. The monoisotopic (exact) mass is 326 g/mol. The third kappa shape index (κ3) is 5.31. The summed E-state index contributed by atoms with van der Waals surface area (Å²) in [5, 5.41) is 12.5. The number of nitrogens with zero attached hydrogens (tertiary/aromatic N) is 1. The van der Waals surface area contributed by atoms with E-state index in [4.69, 9.17) is 16.7 Å². The minimum Gasteiger partial charge on any atom is -0.480 e. The predicted molar refractivity (Wildman–Crippen MR) is 87.0 cm³/mol. The van der Waals surface area contributed by atoms with Gasteiger partial charge in [-0.15, -0.1) is 0 Å². The molecule has 2 atom stereocenters. The molecule has 0 bridgehead atoms. The summed E-state index contributed by atoms with van der Waals surface area (Å²) in [6, 6.07) is 6.52. The molecule has 0 aliphatic carbocycles. The summed E-state index contributed by atoms with van der Waals surface area (Å²) in [4.78, 5) is 24.9. The van der Waals surface area contributed by atoms with Crippen molar-refractivity contribution >= 4 is 23.5 Å². The van der Waals surface area contributed by atoms with Crippen molar-refractivity contribution in [2.24, 2.45) is 0 Å². The van der Waals surface area contributed by atoms with Gasteiger partial charge >= 0.3 is 5.97 Å². The van der Waals surface area contributed by atoms with E-state index in [0.717, 1.165) is 12.0 Å². The molecule has 0 aromatic heterocycles. The quantitative estimate of drug-likeness (QED) is 0.770. The first-order valence-corrected chi connectivity index (χ1v) is 7.72. The van der Waals surface area contributed by atoms with Crippen LogP contribution in [0, 0.1) is 0 Å². The molecule has 2 N–H and O–H groups in total. The number of carboxylic acid groups (broad SMARTS) is 1. The lowest BCUT2D eigenvalue weighted by Gasteiger charge is -2.26. The number of rotatable bonds is 8. The Morgan fingerprint density at radius 3 is 2.41 bits per heavy atom. The molecule has 122 valence electrons. The number of nitrogens with one attached hydrogen (secondary N) is 1. The predicted octanol–water partition coefficient (Wildman–Crippen LogP) is 2.70. The lowest BCUT2D eigenvalue weighted by atomic mass is 10.1. The van der Waals surface area contributed by atoms with Gasteiger partial charge < -0.3 is 10.0 Å². The first-order valence-electron chi connectivity index (χ1n) is 7.34. The first kappa shape index (κ1) is 18.5. The molecular weight excluding hydrogens is 304 g/mol. The zero-order chi connectivity index (χ0) is 16.7. The Bertz CT molecular complexity index is 505. The molecule has 6 heteroatoms. The first-order chi connectivity index (χ1) is 10.4. The van der Waals surface area contributed by atoms with E-state index in [1.165, 1.54) is 0 Å². The summed E-state index contributed by atoms with van der Waals surface area (Å²) in [7, 11) is 1.71. The van der Waals surface area contributed by atoms with Crippen LogP contribution in [0.25, 0.3) is 0 Å². The van der Waals surface area contributed by atoms with Crippen molar-refractivity contribution in [1.29, 1.82) is 0 Å². The number of carboxylic acids is 1. The maximum Gasteiger partial charge on any atom is 0.320 e. The van der Waals surface area contributed by atoms with Crippen molar-refractivity contribution in [3.8, 4) is 0 Å². The fourth-order valence-electron chi connectivity index (χ4n) is 2.12. The Balaban J connectivity index is 2.60. The SMILES string of the molecule is CCCC(NCC(=O)N(C)C(C)c1ccc(Cl)cc1)C(=O)O. The summed E-state index contributed by atoms with van der Waals surface area (Å²) in [5.74, 6) is -1.08. The second-order valence-corrected chi connectivity index (χ2v) is 5.73. The number of carbonyl (C=O) groups is 2. The molecule has 0 fully saturated rings. The summed E-state index contributed by atoms with van der Waals surface area (Å²) >= 11 is 5.86. The van der Waals surface area contributed by atoms with Crippen LogP contribution in [0.4, 0.5) is 0 Å². The Labute approximate surface area is 136 Å². The van der Waals surface area contributed by atoms with Gasteiger partial charge in [0.2, 0.25) is 5.91 Å². The van der Waals surface area contributed by atoms with Crippen molar-refractivity contribution in [1.82, 2.24) is 10.2 Å². The van der Waals surface area contributed by atoms with Crippen LogP contribution in [0.1, 0.15) is 38.3 Å². The van der Waals surface area contributed by atoms with Crippen LogP contribution >= 0.6 is 11.6 Å². The molecule has 5 nitrogen and oxygen atoms in total. The third-order valence-electron chi connectivity index (χ3n) is 3.70. The van der Waals surface area contributed by atoms with Crippen LogP contribution in [0.15, 0.2) is 24.3 Å². The van der Waals surface area contributed by atoms with E-state index in [9.17, 15) is 9.59 Å². The second kappa shape index (κ2) is 8.76. The third-order valence-corrected chi connectivity index (χ3v) is 3.95. The second-order valence-electron chi connectivity index (χ2n) is 5.29. The highest BCUT2D eigenvalue weighted by molar-refractivity contribution is 6.30. The van der Waals surface area contributed by atoms with E-state index in [0.29, 0.717) is 11.4 Å². The number of aliphatic carboxylic acids is 1. The van der Waals surface area contributed by atoms with Crippen LogP contribution in [-0.2, 0) is 9.59 Å². The van der Waals surface area contributed by atoms with Gasteiger partial charge in [0, 0.05) is 12.1 Å². The molecule has 0 radical (unpaired) electrons. The van der Waals surface area contributed by atoms with Crippen molar-refractivity contribution < 1.29 is 14.7 Å². The maximum absolute atomic E-state index is 12.2. The molecule has 0 aliphatic heterocycles. The van der Waals surface area contributed by atoms with Gasteiger partial charge in [-0.25, -0.2) is 0 Å². The van der Waals surface area contributed by atoms with Gasteiger partial charge in [0.05, 0.1) is 12.6 Å². The smallest absolute Gasteiger partial charge is 0.320 e. The largest absolute Gasteiger partial charge is 0.480 e. The molecule has 0 heterocycles. The zero-order valence-electron chi connectivity index (χ0n) is 13.2. The van der Waals surface area contributed by atoms with E-state index >= 15 is 0 Å². The highest BCUT2D eigenvalue weighted by Crippen LogP contribution is 2.20. The molecule has 0 saturated carbocycles. The van der Waals surface area contributed by atoms with Gasteiger partial charge in [0.1, 0.15) is 6.04 Å². The standard InChI is InChI=1S/C16H23ClN2O3/c1-4-5-14(16(21)22)18-10-15(20)19(3)11(2)12-6-8-13(17)9-7-12/h6-9,11,14,18H,4-5,10H2,1-3H3,(H,21,22). The van der Waals surface area contributed by atoms with E-state index in [-0.39, 0.29) is 18.5 Å². The average molecular weight is 327 g/mol. The summed E-state index contributed by atoms with van der Waals surface area (Å²) in [6.07, 6.45) is 1.24. The molecule has 0 spiro atoms. The van der Waals surface area contributed by atoms with Gasteiger partial charge in [-0.2, -0.15) is 0 Å². The molecule has 22 heavy (non-hydrogen) atoms. The van der Waals surface area contributed by atoms with Gasteiger partial charge in [-0.1, -0.05) is 37.1 Å². The lowest BCUT2D eigenvalue weighted by molar-refractivity contribution is -0.140. The molecule has 0 saturated heterocycles. The molecule has 2 unspecified atom stereocenters. The van der Waals surface area contributed by atoms with Gasteiger partial charge in [0.15, 0.2) is 0 Å². The normalized spacial score (nSPS) is 13.5. The van der Waals surface area contributed by atoms with Crippen LogP contribution in [0.5, 0.6) is 0 Å². The van der Waals surface area contributed by atoms with E-state index in [1.807, 2.05) is 26.0 Å². The van der Waals surface area contributed by atoms with E-state index in [1.54, 1.807) is 24.1 Å². The molecule has 1 amide bonds. The van der Waals surface area contributed by atoms with Gasteiger partial charge in [0.25, 0.3) is 0 Å². The Kier molecular flexibility index (Phi) is 7.35. The van der Waals surface area contributed by atoms with Gasteiger partial charge in [-0.05, 0) is 31.0 Å². The Hall–Kier alpha value is -1.59. The highest BCUT2D eigenvalue weighted by atomic mass is 35.5. The Morgan fingerprint density at radius 1 is 1.32 bits per heavy atom. The number of hydrogen-bond acceptors (Lipinski definition) is 3. The minimum absolute atomic E-state index is 0.00535. The molecular formula is C16H23ClN2O3. The average Bonchev–Trinajstić information content (AvgIpc) is 2.50. The highest BCUT2D eigenvalue weighted by Gasteiger charge is 2.21. The molecule has 0 aliphatic rings. The summed E-state index contributed by atoms with van der Waals surface area (Å²) < 4.78 is 0. The van der Waals surface area contributed by atoms with Crippen LogP contribution in [-0.4, -0.2) is 41.5 Å². The number of benzene rings is 1. The van der Waals surface area contributed by atoms with Crippen molar-refractivity contribution in [3.05, 3.63) is 34.9 Å². The number of likely N-dealkylation sites (N-methyl/N-ethyl adjacent to an activating group) is 1. The van der Waals surface area contributed by atoms with E-state index < -0.39 is 12.0 Å². The number of amides is 1. The van der Waals surface area contributed by atoms with E-state index in [2.05, 4.69) is 5.32 Å². The number of carbonyl (C=O) groups excluding carboxylic acids is 1. The minimum atomic E-state index is -0.928. The number of halogens is 1. The van der Waals surface area contributed by atoms with Crippen LogP contribution < -0.4 is 5.32 Å². The van der Waals surface area contributed by atoms with Crippen molar-refractivity contribution in [2.75, 3.05) is 13.6 Å². The van der Waals surface area contributed by atoms with Crippen molar-refractivity contribution in [3.63, 3.8) is 0 Å². The zero-order valence-corrected chi connectivity index (χ0v) is 13.9.